The largest absolute Gasteiger partial charge is 1.00 e. The van der Waals surface area contributed by atoms with Gasteiger partial charge in [0.1, 0.15) is 0 Å². The van der Waals surface area contributed by atoms with Crippen molar-refractivity contribution in [2.24, 2.45) is 0 Å². The minimum atomic E-state index is -1.06. The summed E-state index contributed by atoms with van der Waals surface area (Å²) in [6, 6.07) is 17.8. The molecule has 0 spiro atoms. The van der Waals surface area contributed by atoms with Gasteiger partial charge in [-0.25, -0.2) is 9.59 Å². The van der Waals surface area contributed by atoms with Gasteiger partial charge in [-0.2, -0.15) is 9.46 Å². The van der Waals surface area contributed by atoms with Crippen LogP contribution in [0.15, 0.2) is 129 Å². The van der Waals surface area contributed by atoms with Crippen LogP contribution in [-0.2, 0) is 0 Å². The van der Waals surface area contributed by atoms with Crippen molar-refractivity contribution in [3.63, 3.8) is 0 Å². The minimum absolute atomic E-state index is 0. The highest BCUT2D eigenvalue weighted by atomic mass is 35.5. The molecular weight excluding hydrogens is 881 g/mol. The molecule has 0 amide bonds. The van der Waals surface area contributed by atoms with Gasteiger partial charge in [0, 0.05) is 58.9 Å². The van der Waals surface area contributed by atoms with E-state index < -0.39 is 16.9 Å². The quantitative estimate of drug-likeness (QED) is 0.0867. The van der Waals surface area contributed by atoms with Gasteiger partial charge >= 0.3 is 11.9 Å². The van der Waals surface area contributed by atoms with Crippen LogP contribution in [0.1, 0.15) is 37.4 Å². The van der Waals surface area contributed by atoms with Crippen LogP contribution in [-0.4, -0.2) is 42.0 Å². The third kappa shape index (κ3) is 24.7. The molecule has 0 aliphatic heterocycles. The number of rotatable bonds is 3. The van der Waals surface area contributed by atoms with Crippen molar-refractivity contribution >= 4 is 64.0 Å². The molecule has 0 fully saturated rings. The normalized spacial score (nSPS) is 8.64. The summed E-state index contributed by atoms with van der Waals surface area (Å²) in [5.41, 5.74) is 2.52. The molecule has 58 heavy (non-hydrogen) atoms. The van der Waals surface area contributed by atoms with Crippen LogP contribution < -0.4 is 34.3 Å². The van der Waals surface area contributed by atoms with Gasteiger partial charge in [-0.05, 0) is 68.8 Å². The van der Waals surface area contributed by atoms with Crippen LogP contribution in [0.5, 0.6) is 0 Å². The van der Waals surface area contributed by atoms with Crippen molar-refractivity contribution in [2.45, 2.75) is 20.8 Å². The maximum atomic E-state index is 10.6. The average molecular weight is 915 g/mol. The van der Waals surface area contributed by atoms with Crippen molar-refractivity contribution in [2.75, 3.05) is 0 Å². The molecular formula is C38H34Cl6N6O8-2. The number of nitro groups is 1. The second-order valence-corrected chi connectivity index (χ2v) is 11.8. The highest BCUT2D eigenvalue weighted by molar-refractivity contribution is 6.34. The van der Waals surface area contributed by atoms with Gasteiger partial charge in [-0.15, -0.1) is 12.8 Å². The molecule has 0 aliphatic carbocycles. The fraction of sp³-hybridized carbons (Fsp3) is 0.0789. The highest BCUT2D eigenvalue weighted by Gasteiger charge is 2.12. The fourth-order valence-electron chi connectivity index (χ4n) is 3.31. The molecule has 5 heterocycles. The number of hydrogen-bond acceptors (Lipinski definition) is 9. The van der Waals surface area contributed by atoms with Crippen LogP contribution in [0.2, 0.25) is 20.1 Å². The number of benzene rings is 1. The summed E-state index contributed by atoms with van der Waals surface area (Å²) in [4.78, 5) is 41.6. The summed E-state index contributed by atoms with van der Waals surface area (Å²) in [7, 11) is 0. The molecule has 0 bridgehead atoms. The van der Waals surface area contributed by atoms with Crippen LogP contribution >= 0.6 is 46.4 Å². The zero-order chi connectivity index (χ0) is 42.6. The molecule has 0 saturated carbocycles. The molecule has 308 valence electrons. The van der Waals surface area contributed by atoms with Crippen molar-refractivity contribution in [3.05, 3.63) is 197 Å². The van der Waals surface area contributed by atoms with E-state index in [-0.39, 0.29) is 51.7 Å². The van der Waals surface area contributed by atoms with Crippen molar-refractivity contribution in [1.82, 2.24) is 15.0 Å². The smallest absolute Gasteiger partial charge is 0.338 e. The Morgan fingerprint density at radius 1 is 0.638 bits per heavy atom. The zero-order valence-corrected chi connectivity index (χ0v) is 35.1. The van der Waals surface area contributed by atoms with Gasteiger partial charge in [0.05, 0.1) is 37.7 Å². The summed E-state index contributed by atoms with van der Waals surface area (Å²) in [5, 5.41) is 50.1. The zero-order valence-electron chi connectivity index (χ0n) is 30.6. The lowest BCUT2D eigenvalue weighted by molar-refractivity contribution is -0.606. The van der Waals surface area contributed by atoms with Crippen LogP contribution in [0.25, 0.3) is 0 Å². The maximum absolute atomic E-state index is 10.6. The van der Waals surface area contributed by atoms with Gasteiger partial charge in [0.15, 0.2) is 24.8 Å². The van der Waals surface area contributed by atoms with E-state index in [0.29, 0.717) is 10.3 Å². The molecule has 0 saturated heterocycles. The predicted molar refractivity (Wildman–Crippen MR) is 215 cm³/mol. The van der Waals surface area contributed by atoms with E-state index in [2.05, 4.69) is 27.8 Å². The van der Waals surface area contributed by atoms with Crippen molar-refractivity contribution in [3.8, 4) is 12.8 Å². The second kappa shape index (κ2) is 32.3. The van der Waals surface area contributed by atoms with E-state index in [1.807, 2.05) is 19.9 Å². The molecule has 5 aromatic heterocycles. The van der Waals surface area contributed by atoms with E-state index in [1.165, 1.54) is 49.9 Å². The Morgan fingerprint density at radius 2 is 1.14 bits per heavy atom. The number of terminal acetylenes is 1. The Kier molecular flexibility index (Phi) is 31.5. The molecule has 0 atom stereocenters. The number of aromatic nitrogens is 5. The first-order chi connectivity index (χ1) is 26.5. The Hall–Kier alpha value is -5.79. The Morgan fingerprint density at radius 3 is 1.48 bits per heavy atom. The third-order valence-corrected chi connectivity index (χ3v) is 7.25. The Bertz CT molecular complexity index is 2060. The average Bonchev–Trinajstić information content (AvgIpc) is 3.15. The second-order valence-electron chi connectivity index (χ2n) is 10.1. The molecule has 0 radical (unpaired) electrons. The molecule has 20 heteroatoms. The summed E-state index contributed by atoms with van der Waals surface area (Å²) >= 11 is 22.2. The number of nitrogens with zero attached hydrogens (tertiary/aromatic N) is 6. The van der Waals surface area contributed by atoms with Gasteiger partial charge in [0.2, 0.25) is 0 Å². The van der Waals surface area contributed by atoms with E-state index in [1.54, 1.807) is 67.3 Å². The predicted octanol–water partition coefficient (Wildman–Crippen LogP) is 2.67. The lowest BCUT2D eigenvalue weighted by Gasteiger charge is -1.96. The van der Waals surface area contributed by atoms with Crippen molar-refractivity contribution < 1.29 is 59.0 Å². The van der Waals surface area contributed by atoms with E-state index in [4.69, 9.17) is 56.6 Å². The summed E-state index contributed by atoms with van der Waals surface area (Å²) in [6.07, 6.45) is 22.6. The standard InChI is InChI=1S/C7H5ClO2.C6H4ClNO2.C6H6ClN.C6H6N2O3.C6H7NO.C5H4ClN.C2H2.2ClH/c8-6-4-2-1-3-5(6)7(9)10;7-5-1-2-8-3-4(5)6(9)10;1-5-4-8-3-2-6(5)7;1-5-4-7(9)3-2-6(5)8(10)11;1-6-3-2-4-7(8)5-6;6-5-1-3-7-4-2-5;1-2;;/h1-4H,(H,9,10);1-3H,(H,9,10);2-4H,1H3;2-4H,1H3;2-5H,1H3;1-4H;1-2H;2*1H/p-2. The molecule has 1 aromatic carbocycles. The summed E-state index contributed by atoms with van der Waals surface area (Å²) < 4.78 is 1.32. The monoisotopic (exact) mass is 912 g/mol. The van der Waals surface area contributed by atoms with Gasteiger partial charge in [0.25, 0.3) is 5.69 Å². The number of carboxylic acid groups (broad SMARTS) is 2. The molecule has 14 nitrogen and oxygen atoms in total. The molecule has 6 aromatic rings. The number of hydrogen-bond donors (Lipinski definition) is 2. The molecule has 2 N–H and O–H groups in total. The summed E-state index contributed by atoms with van der Waals surface area (Å²) in [6.45, 7) is 5.33. The van der Waals surface area contributed by atoms with E-state index in [9.17, 15) is 30.1 Å². The molecule has 0 unspecified atom stereocenters. The Balaban J connectivity index is -0.000000619. The number of aryl methyl sites for hydroxylation is 3. The summed E-state index contributed by atoms with van der Waals surface area (Å²) in [5.74, 6) is -2.05. The lowest BCUT2D eigenvalue weighted by atomic mass is 10.2. The fourth-order valence-corrected chi connectivity index (χ4v) is 3.93. The van der Waals surface area contributed by atoms with Crippen LogP contribution in [0.4, 0.5) is 5.69 Å². The number of carbonyl (C=O) groups is 2. The first kappa shape index (κ1) is 56.5. The lowest BCUT2D eigenvalue weighted by Crippen LogP contribution is -3.00. The van der Waals surface area contributed by atoms with E-state index >= 15 is 0 Å². The number of aromatic carboxylic acids is 2. The topological polar surface area (TPSA) is 210 Å². The van der Waals surface area contributed by atoms with Crippen LogP contribution in [0.3, 0.4) is 0 Å². The first-order valence-electron chi connectivity index (χ1n) is 15.3. The van der Waals surface area contributed by atoms with Gasteiger partial charge < -0.3 is 45.4 Å². The van der Waals surface area contributed by atoms with Crippen LogP contribution in [0, 0.1) is 54.1 Å². The first-order valence-corrected chi connectivity index (χ1v) is 16.8. The number of carboxylic acids is 2. The maximum Gasteiger partial charge on any atom is 0.338 e. The number of pyridine rings is 5. The number of halogens is 6. The van der Waals surface area contributed by atoms with Gasteiger partial charge in [-0.1, -0.05) is 58.5 Å². The van der Waals surface area contributed by atoms with E-state index in [0.717, 1.165) is 38.3 Å². The van der Waals surface area contributed by atoms with Crippen molar-refractivity contribution in [1.29, 1.82) is 0 Å². The molecule has 6 rings (SSSR count). The van der Waals surface area contributed by atoms with Gasteiger partial charge in [-0.3, -0.25) is 25.1 Å². The highest BCUT2D eigenvalue weighted by Crippen LogP contribution is 2.15. The minimum Gasteiger partial charge on any atom is -1.00 e. The third-order valence-electron chi connectivity index (χ3n) is 5.92. The molecule has 0 aliphatic rings. The Labute approximate surface area is 366 Å². The SMILES string of the molecule is C#C.Cc1c[n+]([O-])ccc1[N+](=O)[O-].Cc1ccc[n+]([O-])c1.Cc1cnccc1Cl.Clc1ccncc1.O=C(O)c1ccccc1Cl.O=C(O)c1cnccc1Cl.[Cl-].[Cl-].